The Morgan fingerprint density at radius 3 is 2.93 bits per heavy atom. The number of rotatable bonds is 4. The van der Waals surface area contributed by atoms with E-state index in [-0.39, 0.29) is 0 Å². The molecule has 1 aromatic heterocycles. The van der Waals surface area contributed by atoms with Gasteiger partial charge >= 0.3 is 0 Å². The molecule has 0 bridgehead atoms. The molecule has 0 unspecified atom stereocenters. The van der Waals surface area contributed by atoms with Crippen LogP contribution in [0.25, 0.3) is 0 Å². The maximum atomic E-state index is 5.84. The summed E-state index contributed by atoms with van der Waals surface area (Å²) < 4.78 is 0. The lowest BCUT2D eigenvalue weighted by atomic mass is 10.3. The highest BCUT2D eigenvalue weighted by atomic mass is 15.1. The summed E-state index contributed by atoms with van der Waals surface area (Å²) in [7, 11) is 0. The van der Waals surface area contributed by atoms with Crippen molar-refractivity contribution in [3.63, 3.8) is 0 Å². The van der Waals surface area contributed by atoms with Crippen LogP contribution in [0, 0.1) is 5.92 Å². The molecule has 76 valence electrons. The molecule has 0 saturated heterocycles. The third-order valence-electron chi connectivity index (χ3n) is 2.71. The van der Waals surface area contributed by atoms with Crippen molar-refractivity contribution < 1.29 is 0 Å². The molecule has 2 rings (SSSR count). The summed E-state index contributed by atoms with van der Waals surface area (Å²) in [5.74, 6) is 1.53. The van der Waals surface area contributed by atoms with E-state index in [1.54, 1.807) is 6.20 Å². The van der Waals surface area contributed by atoms with Gasteiger partial charge in [0.15, 0.2) is 0 Å². The zero-order valence-electron chi connectivity index (χ0n) is 8.61. The fourth-order valence-electron chi connectivity index (χ4n) is 1.69. The second-order valence-electron chi connectivity index (χ2n) is 3.89. The third kappa shape index (κ3) is 1.97. The van der Waals surface area contributed by atoms with Crippen LogP contribution in [0.4, 0.5) is 11.5 Å². The number of nitrogen functional groups attached to an aromatic ring is 1. The van der Waals surface area contributed by atoms with E-state index in [0.717, 1.165) is 24.7 Å². The number of pyridine rings is 1. The maximum absolute atomic E-state index is 5.84. The minimum atomic E-state index is 0.648. The van der Waals surface area contributed by atoms with Crippen LogP contribution >= 0.6 is 0 Å². The van der Waals surface area contributed by atoms with E-state index < -0.39 is 0 Å². The fraction of sp³-hybridized carbons (Fsp3) is 0.545. The number of anilines is 2. The molecule has 0 spiro atoms. The largest absolute Gasteiger partial charge is 0.382 e. The summed E-state index contributed by atoms with van der Waals surface area (Å²) in [4.78, 5) is 6.43. The SMILES string of the molecule is CCN(CC1CC1)c1cccnc1N. The van der Waals surface area contributed by atoms with E-state index in [9.17, 15) is 0 Å². The van der Waals surface area contributed by atoms with Crippen molar-refractivity contribution in [1.82, 2.24) is 4.98 Å². The average molecular weight is 191 g/mol. The average Bonchev–Trinajstić information content (AvgIpc) is 2.99. The van der Waals surface area contributed by atoms with Gasteiger partial charge in [0, 0.05) is 19.3 Å². The standard InChI is InChI=1S/C11H17N3/c1-2-14(8-9-5-6-9)10-4-3-7-13-11(10)12/h3-4,7,9H,2,5-6,8H2,1H3,(H2,12,13). The van der Waals surface area contributed by atoms with Gasteiger partial charge in [-0.15, -0.1) is 0 Å². The molecule has 14 heavy (non-hydrogen) atoms. The molecule has 1 fully saturated rings. The molecule has 0 radical (unpaired) electrons. The molecule has 1 aliphatic carbocycles. The predicted octanol–water partition coefficient (Wildman–Crippen LogP) is 1.90. The van der Waals surface area contributed by atoms with Gasteiger partial charge in [-0.2, -0.15) is 0 Å². The Morgan fingerprint density at radius 1 is 1.57 bits per heavy atom. The molecule has 0 atom stereocenters. The number of hydrogen-bond donors (Lipinski definition) is 1. The van der Waals surface area contributed by atoms with Crippen molar-refractivity contribution >= 4 is 11.5 Å². The molecular weight excluding hydrogens is 174 g/mol. The summed E-state index contributed by atoms with van der Waals surface area (Å²) in [5, 5.41) is 0. The van der Waals surface area contributed by atoms with Gasteiger partial charge in [0.25, 0.3) is 0 Å². The van der Waals surface area contributed by atoms with Crippen LogP contribution in [-0.2, 0) is 0 Å². The van der Waals surface area contributed by atoms with Gasteiger partial charge in [-0.1, -0.05) is 0 Å². The van der Waals surface area contributed by atoms with Crippen LogP contribution in [0.3, 0.4) is 0 Å². The molecule has 2 N–H and O–H groups in total. The second-order valence-corrected chi connectivity index (χ2v) is 3.89. The number of nitrogens with two attached hydrogens (primary N) is 1. The smallest absolute Gasteiger partial charge is 0.146 e. The van der Waals surface area contributed by atoms with Gasteiger partial charge in [0.1, 0.15) is 5.82 Å². The van der Waals surface area contributed by atoms with Crippen LogP contribution in [0.1, 0.15) is 19.8 Å². The van der Waals surface area contributed by atoms with Gasteiger partial charge in [-0.25, -0.2) is 4.98 Å². The normalized spacial score (nSPS) is 15.5. The Bertz CT molecular complexity index is 307. The Balaban J connectivity index is 2.12. The van der Waals surface area contributed by atoms with Gasteiger partial charge in [0.05, 0.1) is 5.69 Å². The monoisotopic (exact) mass is 191 g/mol. The van der Waals surface area contributed by atoms with Crippen LogP contribution in [0.2, 0.25) is 0 Å². The van der Waals surface area contributed by atoms with E-state index in [1.807, 2.05) is 12.1 Å². The summed E-state index contributed by atoms with van der Waals surface area (Å²) >= 11 is 0. The Hall–Kier alpha value is -1.25. The predicted molar refractivity (Wildman–Crippen MR) is 59.3 cm³/mol. The Labute approximate surface area is 84.9 Å². The second kappa shape index (κ2) is 3.86. The lowest BCUT2D eigenvalue weighted by Gasteiger charge is -2.23. The third-order valence-corrected chi connectivity index (χ3v) is 2.71. The highest BCUT2D eigenvalue weighted by molar-refractivity contribution is 5.62. The van der Waals surface area contributed by atoms with Crippen LogP contribution in [0.5, 0.6) is 0 Å². The van der Waals surface area contributed by atoms with Crippen LogP contribution in [0.15, 0.2) is 18.3 Å². The van der Waals surface area contributed by atoms with Crippen LogP contribution < -0.4 is 10.6 Å². The first kappa shape index (κ1) is 9.31. The number of nitrogens with zero attached hydrogens (tertiary/aromatic N) is 2. The molecule has 1 aromatic rings. The van der Waals surface area contributed by atoms with Gasteiger partial charge < -0.3 is 10.6 Å². The van der Waals surface area contributed by atoms with Gasteiger partial charge in [0.2, 0.25) is 0 Å². The molecule has 1 heterocycles. The van der Waals surface area contributed by atoms with Crippen molar-refractivity contribution in [2.45, 2.75) is 19.8 Å². The van der Waals surface area contributed by atoms with E-state index in [4.69, 9.17) is 5.73 Å². The molecule has 0 aliphatic heterocycles. The van der Waals surface area contributed by atoms with Crippen molar-refractivity contribution in [1.29, 1.82) is 0 Å². The quantitative estimate of drug-likeness (QED) is 0.790. The fourth-order valence-corrected chi connectivity index (χ4v) is 1.69. The molecule has 0 amide bonds. The summed E-state index contributed by atoms with van der Waals surface area (Å²) in [6, 6.07) is 4.00. The number of aromatic nitrogens is 1. The summed E-state index contributed by atoms with van der Waals surface area (Å²) in [6.07, 6.45) is 4.48. The topological polar surface area (TPSA) is 42.2 Å². The van der Waals surface area contributed by atoms with E-state index >= 15 is 0 Å². The summed E-state index contributed by atoms with van der Waals surface area (Å²) in [5.41, 5.74) is 6.93. The van der Waals surface area contributed by atoms with Gasteiger partial charge in [-0.05, 0) is 37.8 Å². The van der Waals surface area contributed by atoms with Crippen molar-refractivity contribution in [3.8, 4) is 0 Å². The molecule has 3 nitrogen and oxygen atoms in total. The maximum Gasteiger partial charge on any atom is 0.146 e. The van der Waals surface area contributed by atoms with E-state index in [2.05, 4.69) is 16.8 Å². The first-order valence-corrected chi connectivity index (χ1v) is 5.26. The van der Waals surface area contributed by atoms with Crippen molar-refractivity contribution in [2.24, 2.45) is 5.92 Å². The molecule has 3 heteroatoms. The Kier molecular flexibility index (Phi) is 2.57. The van der Waals surface area contributed by atoms with E-state index in [1.165, 1.54) is 12.8 Å². The molecule has 0 aromatic carbocycles. The van der Waals surface area contributed by atoms with Crippen molar-refractivity contribution in [2.75, 3.05) is 23.7 Å². The van der Waals surface area contributed by atoms with Crippen LogP contribution in [-0.4, -0.2) is 18.1 Å². The summed E-state index contributed by atoms with van der Waals surface area (Å²) in [6.45, 7) is 4.30. The first-order valence-electron chi connectivity index (χ1n) is 5.26. The Morgan fingerprint density at radius 2 is 2.36 bits per heavy atom. The zero-order chi connectivity index (χ0) is 9.97. The minimum absolute atomic E-state index is 0.648. The number of hydrogen-bond acceptors (Lipinski definition) is 3. The van der Waals surface area contributed by atoms with Crippen molar-refractivity contribution in [3.05, 3.63) is 18.3 Å². The zero-order valence-corrected chi connectivity index (χ0v) is 8.61. The molecule has 1 aliphatic rings. The molecular formula is C11H17N3. The molecule has 1 saturated carbocycles. The highest BCUT2D eigenvalue weighted by Gasteiger charge is 2.24. The van der Waals surface area contributed by atoms with E-state index in [0.29, 0.717) is 5.82 Å². The minimum Gasteiger partial charge on any atom is -0.382 e. The lowest BCUT2D eigenvalue weighted by molar-refractivity contribution is 0.741. The highest BCUT2D eigenvalue weighted by Crippen LogP contribution is 2.32. The lowest BCUT2D eigenvalue weighted by Crippen LogP contribution is -2.26. The van der Waals surface area contributed by atoms with Gasteiger partial charge in [-0.3, -0.25) is 0 Å². The first-order chi connectivity index (χ1) is 6.81.